The lowest BCUT2D eigenvalue weighted by Crippen LogP contribution is -2.35. The van der Waals surface area contributed by atoms with Crippen molar-refractivity contribution in [2.45, 2.75) is 25.1 Å². The number of anilines is 1. The van der Waals surface area contributed by atoms with E-state index in [1.807, 2.05) is 0 Å². The van der Waals surface area contributed by atoms with E-state index in [1.54, 1.807) is 0 Å². The molecular weight excluding hydrogens is 460 g/mol. The summed E-state index contributed by atoms with van der Waals surface area (Å²) < 4.78 is 41.7. The minimum absolute atomic E-state index is 0.125. The van der Waals surface area contributed by atoms with Crippen LogP contribution in [0.3, 0.4) is 0 Å². The number of esters is 1. The standard InChI is InChI=1S/C17H14Cl3F3N2O4/c18-9-6-11(20)12(7-10(9)19)24-15(27)8-29-16(28)13-2-1-4-25(13)5-3-14(26)17(21,22)23/h3,5-7,13H,1-2,4,8H2,(H,24,27)/b5-3+/t13-/m1/s1. The summed E-state index contributed by atoms with van der Waals surface area (Å²) in [5.74, 6) is -3.54. The van der Waals surface area contributed by atoms with Gasteiger partial charge in [0, 0.05) is 18.8 Å². The first-order valence-electron chi connectivity index (χ1n) is 8.15. The van der Waals surface area contributed by atoms with Crippen molar-refractivity contribution in [1.82, 2.24) is 4.90 Å². The van der Waals surface area contributed by atoms with Crippen molar-refractivity contribution in [2.24, 2.45) is 0 Å². The van der Waals surface area contributed by atoms with Crippen LogP contribution in [0.15, 0.2) is 24.4 Å². The number of likely N-dealkylation sites (tertiary alicyclic amines) is 1. The molecule has 1 aliphatic rings. The van der Waals surface area contributed by atoms with Crippen LogP contribution in [0.25, 0.3) is 0 Å². The monoisotopic (exact) mass is 472 g/mol. The van der Waals surface area contributed by atoms with Crippen molar-refractivity contribution >= 4 is 58.1 Å². The van der Waals surface area contributed by atoms with Crippen molar-refractivity contribution in [1.29, 1.82) is 0 Å². The third-order valence-corrected chi connectivity index (χ3v) is 4.93. The predicted molar refractivity (Wildman–Crippen MR) is 101 cm³/mol. The van der Waals surface area contributed by atoms with E-state index in [1.165, 1.54) is 17.0 Å². The largest absolute Gasteiger partial charge is 0.454 e. The van der Waals surface area contributed by atoms with Crippen LogP contribution in [0.2, 0.25) is 15.1 Å². The molecule has 2 rings (SSSR count). The molecule has 1 amide bonds. The van der Waals surface area contributed by atoms with Gasteiger partial charge in [-0.3, -0.25) is 9.59 Å². The number of nitrogens with zero attached hydrogens (tertiary/aromatic N) is 1. The number of alkyl halides is 3. The average molecular weight is 474 g/mol. The number of amides is 1. The molecule has 1 atom stereocenters. The molecular formula is C17H14Cl3F3N2O4. The zero-order chi connectivity index (χ0) is 21.8. The zero-order valence-corrected chi connectivity index (χ0v) is 16.8. The predicted octanol–water partition coefficient (Wildman–Crippen LogP) is 4.24. The highest BCUT2D eigenvalue weighted by Gasteiger charge is 2.37. The Morgan fingerprint density at radius 2 is 1.83 bits per heavy atom. The first-order valence-corrected chi connectivity index (χ1v) is 9.28. The van der Waals surface area contributed by atoms with Crippen LogP contribution in [-0.2, 0) is 19.1 Å². The molecule has 29 heavy (non-hydrogen) atoms. The van der Waals surface area contributed by atoms with E-state index >= 15 is 0 Å². The molecule has 0 saturated carbocycles. The van der Waals surface area contributed by atoms with Crippen LogP contribution in [0.1, 0.15) is 12.8 Å². The van der Waals surface area contributed by atoms with Gasteiger partial charge in [0.25, 0.3) is 11.7 Å². The van der Waals surface area contributed by atoms with Gasteiger partial charge in [-0.25, -0.2) is 4.79 Å². The number of ketones is 1. The Morgan fingerprint density at radius 3 is 2.48 bits per heavy atom. The summed E-state index contributed by atoms with van der Waals surface area (Å²) in [6, 6.07) is 1.76. The van der Waals surface area contributed by atoms with Crippen LogP contribution in [0.5, 0.6) is 0 Å². The normalized spacial score (nSPS) is 16.9. The summed E-state index contributed by atoms with van der Waals surface area (Å²) in [7, 11) is 0. The minimum Gasteiger partial charge on any atom is -0.454 e. The molecule has 158 valence electrons. The van der Waals surface area contributed by atoms with Gasteiger partial charge in [0.1, 0.15) is 6.04 Å². The molecule has 0 aliphatic carbocycles. The van der Waals surface area contributed by atoms with Gasteiger partial charge < -0.3 is 15.0 Å². The van der Waals surface area contributed by atoms with Crippen molar-refractivity contribution in [3.05, 3.63) is 39.5 Å². The van der Waals surface area contributed by atoms with E-state index in [-0.39, 0.29) is 27.3 Å². The number of rotatable bonds is 6. The zero-order valence-electron chi connectivity index (χ0n) is 14.6. The number of benzene rings is 1. The molecule has 0 bridgehead atoms. The van der Waals surface area contributed by atoms with Crippen LogP contribution >= 0.6 is 34.8 Å². The van der Waals surface area contributed by atoms with E-state index in [4.69, 9.17) is 39.5 Å². The molecule has 0 radical (unpaired) electrons. The number of carbonyl (C=O) groups is 3. The summed E-state index contributed by atoms with van der Waals surface area (Å²) in [6.07, 6.45) is -2.91. The number of halogens is 6. The number of hydrogen-bond donors (Lipinski definition) is 1. The third kappa shape index (κ3) is 6.52. The van der Waals surface area contributed by atoms with Crippen LogP contribution in [0.4, 0.5) is 18.9 Å². The second-order valence-corrected chi connectivity index (χ2v) is 7.20. The topological polar surface area (TPSA) is 75.7 Å². The van der Waals surface area contributed by atoms with Gasteiger partial charge in [-0.15, -0.1) is 0 Å². The molecule has 1 aromatic rings. The fraction of sp³-hybridized carbons (Fsp3) is 0.353. The van der Waals surface area contributed by atoms with E-state index in [9.17, 15) is 27.6 Å². The van der Waals surface area contributed by atoms with Gasteiger partial charge >= 0.3 is 12.1 Å². The van der Waals surface area contributed by atoms with Crippen LogP contribution in [-0.4, -0.2) is 47.9 Å². The Labute approximate surface area is 178 Å². The number of ether oxygens (including phenoxy) is 1. The highest BCUT2D eigenvalue weighted by molar-refractivity contribution is 6.44. The van der Waals surface area contributed by atoms with Crippen LogP contribution < -0.4 is 5.32 Å². The number of nitrogens with one attached hydrogen (secondary N) is 1. The van der Waals surface area contributed by atoms with E-state index in [0.717, 1.165) is 6.20 Å². The Balaban J connectivity index is 1.91. The fourth-order valence-corrected chi connectivity index (χ4v) is 3.11. The smallest absolute Gasteiger partial charge is 0.454 e. The lowest BCUT2D eigenvalue weighted by molar-refractivity contribution is -0.165. The number of allylic oxidation sites excluding steroid dienone is 1. The SMILES string of the molecule is O=C(COC(=O)[C@H]1CCCN1/C=C/C(=O)C(F)(F)F)Nc1cc(Cl)c(Cl)cc1Cl. The lowest BCUT2D eigenvalue weighted by atomic mass is 10.2. The molecule has 0 spiro atoms. The molecule has 1 N–H and O–H groups in total. The maximum Gasteiger partial charge on any atom is 0.454 e. The van der Waals surface area contributed by atoms with Gasteiger partial charge in [-0.2, -0.15) is 13.2 Å². The lowest BCUT2D eigenvalue weighted by Gasteiger charge is -2.21. The van der Waals surface area contributed by atoms with Crippen molar-refractivity contribution in [2.75, 3.05) is 18.5 Å². The molecule has 0 aromatic heterocycles. The maximum atomic E-state index is 12.3. The highest BCUT2D eigenvalue weighted by Crippen LogP contribution is 2.32. The Bertz CT molecular complexity index is 846. The first kappa shape index (κ1) is 23.3. The average Bonchev–Trinajstić information content (AvgIpc) is 3.10. The maximum absolute atomic E-state index is 12.3. The van der Waals surface area contributed by atoms with E-state index in [0.29, 0.717) is 18.9 Å². The first-order chi connectivity index (χ1) is 13.5. The summed E-state index contributed by atoms with van der Waals surface area (Å²) in [4.78, 5) is 36.3. The molecule has 1 fully saturated rings. The van der Waals surface area contributed by atoms with Gasteiger partial charge in [-0.05, 0) is 25.0 Å². The summed E-state index contributed by atoms with van der Waals surface area (Å²) in [5, 5.41) is 2.88. The Hall–Kier alpha value is -1.97. The summed E-state index contributed by atoms with van der Waals surface area (Å²) >= 11 is 17.6. The van der Waals surface area contributed by atoms with Crippen molar-refractivity contribution in [3.8, 4) is 0 Å². The van der Waals surface area contributed by atoms with E-state index < -0.39 is 36.5 Å². The second-order valence-electron chi connectivity index (χ2n) is 5.98. The van der Waals surface area contributed by atoms with Gasteiger partial charge in [0.05, 0.1) is 20.8 Å². The Morgan fingerprint density at radius 1 is 1.17 bits per heavy atom. The molecule has 12 heteroatoms. The van der Waals surface area contributed by atoms with Crippen molar-refractivity contribution in [3.63, 3.8) is 0 Å². The fourth-order valence-electron chi connectivity index (χ4n) is 2.52. The third-order valence-electron chi connectivity index (χ3n) is 3.89. The molecule has 1 heterocycles. The molecule has 0 unspecified atom stereocenters. The number of carbonyl (C=O) groups excluding carboxylic acids is 3. The van der Waals surface area contributed by atoms with Gasteiger partial charge in [0.15, 0.2) is 6.61 Å². The summed E-state index contributed by atoms with van der Waals surface area (Å²) in [6.45, 7) is -0.378. The number of hydrogen-bond acceptors (Lipinski definition) is 5. The van der Waals surface area contributed by atoms with E-state index in [2.05, 4.69) is 5.32 Å². The van der Waals surface area contributed by atoms with Gasteiger partial charge in [0.2, 0.25) is 0 Å². The second kappa shape index (κ2) is 9.69. The molecule has 6 nitrogen and oxygen atoms in total. The van der Waals surface area contributed by atoms with Crippen LogP contribution in [0, 0.1) is 0 Å². The molecule has 1 aliphatic heterocycles. The highest BCUT2D eigenvalue weighted by atomic mass is 35.5. The molecule has 1 aromatic carbocycles. The summed E-state index contributed by atoms with van der Waals surface area (Å²) in [5.41, 5.74) is 0.165. The quantitative estimate of drug-likeness (QED) is 0.380. The van der Waals surface area contributed by atoms with Gasteiger partial charge in [-0.1, -0.05) is 34.8 Å². The van der Waals surface area contributed by atoms with Crippen molar-refractivity contribution < 1.29 is 32.3 Å². The minimum atomic E-state index is -4.99. The Kier molecular flexibility index (Phi) is 7.79. The molecule has 1 saturated heterocycles.